The topological polar surface area (TPSA) is 109 Å². The summed E-state index contributed by atoms with van der Waals surface area (Å²) in [6.45, 7) is 0.677. The molecule has 2 fully saturated rings. The number of benzene rings is 1. The molecule has 2 aliphatic rings. The van der Waals surface area contributed by atoms with Crippen LogP contribution in [-0.2, 0) is 11.3 Å². The van der Waals surface area contributed by atoms with E-state index in [2.05, 4.69) is 15.5 Å². The van der Waals surface area contributed by atoms with Gasteiger partial charge in [0.2, 0.25) is 11.7 Å². The molecule has 2 amide bonds. The standard InChI is InChI=1S/C18H19FN4O4/c19-13-5-1-3-11(7-13)15-21-14(27-22-15)8-20-17(26)23-9-12-4-2-6-18(12,10-23)16(24)25/h1,3,5,7,12H,2,4,6,8-10H2,(H,20,26)(H,24,25)/t12-,18+/m0/s1. The average molecular weight is 374 g/mol. The fourth-order valence-corrected chi connectivity index (χ4v) is 4.13. The first kappa shape index (κ1) is 17.4. The molecule has 2 N–H and O–H groups in total. The Bertz CT molecular complexity index is 886. The van der Waals surface area contributed by atoms with E-state index in [-0.39, 0.29) is 36.8 Å². The van der Waals surface area contributed by atoms with Crippen molar-refractivity contribution in [2.24, 2.45) is 11.3 Å². The first-order valence-corrected chi connectivity index (χ1v) is 8.83. The van der Waals surface area contributed by atoms with Crippen molar-refractivity contribution in [2.75, 3.05) is 13.1 Å². The van der Waals surface area contributed by atoms with Crippen LogP contribution in [0.1, 0.15) is 25.2 Å². The molecule has 0 unspecified atom stereocenters. The van der Waals surface area contributed by atoms with Crippen LogP contribution < -0.4 is 5.32 Å². The van der Waals surface area contributed by atoms with Gasteiger partial charge in [0.05, 0.1) is 12.0 Å². The number of likely N-dealkylation sites (tertiary alicyclic amines) is 1. The minimum atomic E-state index is -0.822. The molecule has 0 radical (unpaired) electrons. The Morgan fingerprint density at radius 2 is 2.30 bits per heavy atom. The highest BCUT2D eigenvalue weighted by molar-refractivity contribution is 5.80. The molecule has 1 saturated heterocycles. The predicted octanol–water partition coefficient (Wildman–Crippen LogP) is 2.27. The first-order valence-electron chi connectivity index (χ1n) is 8.83. The van der Waals surface area contributed by atoms with Gasteiger partial charge in [-0.3, -0.25) is 4.79 Å². The normalized spacial score (nSPS) is 24.0. The number of urea groups is 1. The van der Waals surface area contributed by atoms with Crippen molar-refractivity contribution >= 4 is 12.0 Å². The molecule has 142 valence electrons. The number of aliphatic carboxylic acids is 1. The third kappa shape index (κ3) is 3.13. The Morgan fingerprint density at radius 1 is 1.44 bits per heavy atom. The van der Waals surface area contributed by atoms with Crippen LogP contribution in [0.15, 0.2) is 28.8 Å². The molecule has 4 rings (SSSR count). The van der Waals surface area contributed by atoms with Crippen molar-refractivity contribution in [3.8, 4) is 11.4 Å². The maximum Gasteiger partial charge on any atom is 0.317 e. The maximum atomic E-state index is 13.3. The van der Waals surface area contributed by atoms with E-state index in [1.54, 1.807) is 17.0 Å². The van der Waals surface area contributed by atoms with E-state index in [0.29, 0.717) is 18.5 Å². The third-order valence-corrected chi connectivity index (χ3v) is 5.53. The highest BCUT2D eigenvalue weighted by Crippen LogP contribution is 2.48. The van der Waals surface area contributed by atoms with E-state index in [1.165, 1.54) is 12.1 Å². The Labute approximate surface area is 154 Å². The van der Waals surface area contributed by atoms with Gasteiger partial charge in [0, 0.05) is 18.7 Å². The number of hydrogen-bond acceptors (Lipinski definition) is 5. The van der Waals surface area contributed by atoms with E-state index in [0.717, 1.165) is 12.8 Å². The average Bonchev–Trinajstić information content (AvgIpc) is 3.33. The van der Waals surface area contributed by atoms with Gasteiger partial charge in [-0.25, -0.2) is 9.18 Å². The lowest BCUT2D eigenvalue weighted by atomic mass is 9.81. The van der Waals surface area contributed by atoms with Crippen molar-refractivity contribution in [2.45, 2.75) is 25.8 Å². The highest BCUT2D eigenvalue weighted by Gasteiger charge is 2.55. The zero-order valence-electron chi connectivity index (χ0n) is 14.5. The lowest BCUT2D eigenvalue weighted by Crippen LogP contribution is -2.41. The van der Waals surface area contributed by atoms with Gasteiger partial charge in [0.15, 0.2) is 0 Å². The molecular weight excluding hydrogens is 355 g/mol. The van der Waals surface area contributed by atoms with Crippen LogP contribution in [0.4, 0.5) is 9.18 Å². The summed E-state index contributed by atoms with van der Waals surface area (Å²) >= 11 is 0. The second-order valence-corrected chi connectivity index (χ2v) is 7.11. The molecule has 0 spiro atoms. The number of halogens is 1. The molecule has 8 nitrogen and oxygen atoms in total. The van der Waals surface area contributed by atoms with Gasteiger partial charge < -0.3 is 19.8 Å². The number of carboxylic acid groups (broad SMARTS) is 1. The number of amides is 2. The maximum absolute atomic E-state index is 13.3. The van der Waals surface area contributed by atoms with Crippen molar-refractivity contribution in [1.29, 1.82) is 0 Å². The number of rotatable bonds is 4. The summed E-state index contributed by atoms with van der Waals surface area (Å²) in [4.78, 5) is 29.8. The number of nitrogens with one attached hydrogen (secondary N) is 1. The molecule has 1 aliphatic carbocycles. The smallest absolute Gasteiger partial charge is 0.317 e. The number of carbonyl (C=O) groups excluding carboxylic acids is 1. The van der Waals surface area contributed by atoms with E-state index in [1.807, 2.05) is 0 Å². The molecule has 1 aromatic heterocycles. The minimum Gasteiger partial charge on any atom is -0.481 e. The number of aromatic nitrogens is 2. The zero-order valence-corrected chi connectivity index (χ0v) is 14.5. The van der Waals surface area contributed by atoms with Crippen LogP contribution in [0.25, 0.3) is 11.4 Å². The number of carboxylic acids is 1. The van der Waals surface area contributed by atoms with Gasteiger partial charge in [0.25, 0.3) is 0 Å². The van der Waals surface area contributed by atoms with Gasteiger partial charge in [-0.15, -0.1) is 0 Å². The van der Waals surface area contributed by atoms with Crippen molar-refractivity contribution in [3.05, 3.63) is 36.0 Å². The number of fused-ring (bicyclic) bond motifs is 1. The third-order valence-electron chi connectivity index (χ3n) is 5.53. The van der Waals surface area contributed by atoms with E-state index >= 15 is 0 Å². The summed E-state index contributed by atoms with van der Waals surface area (Å²) in [5.41, 5.74) is -0.334. The molecule has 9 heteroatoms. The summed E-state index contributed by atoms with van der Waals surface area (Å²) in [5.74, 6) is -0.797. The second-order valence-electron chi connectivity index (χ2n) is 7.11. The molecule has 2 aromatic rings. The summed E-state index contributed by atoms with van der Waals surface area (Å²) in [7, 11) is 0. The Morgan fingerprint density at radius 3 is 3.04 bits per heavy atom. The van der Waals surface area contributed by atoms with Crippen molar-refractivity contribution in [3.63, 3.8) is 0 Å². The van der Waals surface area contributed by atoms with Crippen molar-refractivity contribution < 1.29 is 23.6 Å². The Hall–Kier alpha value is -2.97. The molecule has 1 aliphatic heterocycles. The molecule has 27 heavy (non-hydrogen) atoms. The van der Waals surface area contributed by atoms with Crippen LogP contribution in [0, 0.1) is 17.2 Å². The fraction of sp³-hybridized carbons (Fsp3) is 0.444. The fourth-order valence-electron chi connectivity index (χ4n) is 4.13. The van der Waals surface area contributed by atoms with Crippen LogP contribution >= 0.6 is 0 Å². The van der Waals surface area contributed by atoms with Gasteiger partial charge in [0.1, 0.15) is 5.82 Å². The minimum absolute atomic E-state index is 0.00346. The second kappa shape index (κ2) is 6.64. The monoisotopic (exact) mass is 374 g/mol. The lowest BCUT2D eigenvalue weighted by molar-refractivity contribution is -0.149. The van der Waals surface area contributed by atoms with Crippen LogP contribution in [0.5, 0.6) is 0 Å². The molecule has 1 aromatic carbocycles. The predicted molar refractivity (Wildman–Crippen MR) is 90.9 cm³/mol. The number of carbonyl (C=O) groups is 2. The SMILES string of the molecule is O=C(NCc1nc(-c2cccc(F)c2)no1)N1C[C@@H]2CCC[C@@]2(C(=O)O)C1. The number of hydrogen-bond donors (Lipinski definition) is 2. The molecule has 2 atom stereocenters. The van der Waals surface area contributed by atoms with Gasteiger partial charge >= 0.3 is 12.0 Å². The Balaban J connectivity index is 1.37. The van der Waals surface area contributed by atoms with Crippen LogP contribution in [0.2, 0.25) is 0 Å². The number of nitrogens with zero attached hydrogens (tertiary/aromatic N) is 3. The zero-order chi connectivity index (χ0) is 19.0. The van der Waals surface area contributed by atoms with E-state index in [4.69, 9.17) is 4.52 Å². The van der Waals surface area contributed by atoms with Crippen molar-refractivity contribution in [1.82, 2.24) is 20.4 Å². The largest absolute Gasteiger partial charge is 0.481 e. The molecular formula is C18H19FN4O4. The summed E-state index contributed by atoms with van der Waals surface area (Å²) in [6.07, 6.45) is 2.32. The summed E-state index contributed by atoms with van der Waals surface area (Å²) < 4.78 is 18.4. The first-order chi connectivity index (χ1) is 13.0. The Kier molecular flexibility index (Phi) is 4.29. The van der Waals surface area contributed by atoms with Gasteiger partial charge in [-0.05, 0) is 30.9 Å². The van der Waals surface area contributed by atoms with Gasteiger partial charge in [-0.1, -0.05) is 23.7 Å². The molecule has 1 saturated carbocycles. The lowest BCUT2D eigenvalue weighted by Gasteiger charge is -2.23. The van der Waals surface area contributed by atoms with Gasteiger partial charge in [-0.2, -0.15) is 4.98 Å². The van der Waals surface area contributed by atoms with E-state index in [9.17, 15) is 19.1 Å². The summed E-state index contributed by atoms with van der Waals surface area (Å²) in [6, 6.07) is 5.47. The quantitative estimate of drug-likeness (QED) is 0.850. The summed E-state index contributed by atoms with van der Waals surface area (Å²) in [5, 5.41) is 16.1. The van der Waals surface area contributed by atoms with E-state index < -0.39 is 17.2 Å². The van der Waals surface area contributed by atoms with Crippen LogP contribution in [-0.4, -0.2) is 45.2 Å². The molecule has 2 heterocycles. The highest BCUT2D eigenvalue weighted by atomic mass is 19.1. The molecule has 0 bridgehead atoms. The van der Waals surface area contributed by atoms with Crippen LogP contribution in [0.3, 0.4) is 0 Å².